The number of rotatable bonds is 2. The van der Waals surface area contributed by atoms with Crippen LogP contribution in [-0.4, -0.2) is 40.8 Å². The Morgan fingerprint density at radius 3 is 2.75 bits per heavy atom. The molecule has 0 spiro atoms. The molecule has 4 rings (SSSR count). The van der Waals surface area contributed by atoms with Crippen molar-refractivity contribution in [2.45, 2.75) is 32.1 Å². The molecular formula is C16H21N3O4S. The number of hydrogen-bond acceptors (Lipinski definition) is 6. The molecule has 0 atom stereocenters. The van der Waals surface area contributed by atoms with Crippen LogP contribution in [0.4, 0.5) is 0 Å². The predicted octanol–water partition coefficient (Wildman–Crippen LogP) is 1.54. The summed E-state index contributed by atoms with van der Waals surface area (Å²) in [5, 5.41) is 9.37. The molecule has 1 aliphatic carbocycles. The number of nitrogens with two attached hydrogens (primary N) is 1. The molecule has 0 bridgehead atoms. The number of carboxylic acids is 1. The van der Waals surface area contributed by atoms with Crippen LogP contribution in [0.15, 0.2) is 4.79 Å². The highest BCUT2D eigenvalue weighted by Gasteiger charge is 2.22. The molecule has 7 nitrogen and oxygen atoms in total. The van der Waals surface area contributed by atoms with E-state index in [1.54, 1.807) is 0 Å². The molecule has 130 valence electrons. The Hall–Kier alpha value is -1.77. The summed E-state index contributed by atoms with van der Waals surface area (Å²) in [4.78, 5) is 30.5. The molecule has 1 saturated heterocycles. The summed E-state index contributed by atoms with van der Waals surface area (Å²) in [6.07, 6.45) is 5.26. The van der Waals surface area contributed by atoms with E-state index in [2.05, 4.69) is 9.97 Å². The number of nitrogens with zero attached hydrogens (tertiary/aromatic N) is 1. The molecule has 1 aliphatic heterocycles. The van der Waals surface area contributed by atoms with Crippen molar-refractivity contribution in [3.63, 3.8) is 0 Å². The molecule has 24 heavy (non-hydrogen) atoms. The van der Waals surface area contributed by atoms with E-state index in [4.69, 9.17) is 15.6 Å². The second-order valence-electron chi connectivity index (χ2n) is 6.05. The third kappa shape index (κ3) is 3.50. The summed E-state index contributed by atoms with van der Waals surface area (Å²) in [5.41, 5.74) is 6.18. The Morgan fingerprint density at radius 2 is 2.12 bits per heavy atom. The smallest absolute Gasteiger partial charge is 0.372 e. The van der Waals surface area contributed by atoms with Crippen molar-refractivity contribution in [1.29, 1.82) is 0 Å². The maximum atomic E-state index is 11.8. The molecule has 0 unspecified atom stereocenters. The van der Waals surface area contributed by atoms with Crippen LogP contribution < -0.4 is 11.3 Å². The van der Waals surface area contributed by atoms with Gasteiger partial charge in [0, 0.05) is 18.1 Å². The second kappa shape index (κ2) is 7.42. The van der Waals surface area contributed by atoms with Crippen molar-refractivity contribution >= 4 is 27.5 Å². The average molecular weight is 351 g/mol. The van der Waals surface area contributed by atoms with Gasteiger partial charge in [-0.15, -0.1) is 11.3 Å². The van der Waals surface area contributed by atoms with Crippen LogP contribution in [0, 0.1) is 5.92 Å². The molecule has 0 saturated carbocycles. The third-order valence-electron chi connectivity index (χ3n) is 4.45. The minimum Gasteiger partial charge on any atom is -0.475 e. The van der Waals surface area contributed by atoms with Gasteiger partial charge in [-0.3, -0.25) is 4.79 Å². The topological polar surface area (TPSA) is 118 Å². The van der Waals surface area contributed by atoms with Crippen LogP contribution in [0.3, 0.4) is 0 Å². The number of thiophene rings is 1. The fourth-order valence-corrected chi connectivity index (χ4v) is 4.35. The molecular weight excluding hydrogens is 330 g/mol. The van der Waals surface area contributed by atoms with Gasteiger partial charge in [-0.1, -0.05) is 0 Å². The lowest BCUT2D eigenvalue weighted by molar-refractivity contribution is 0.0682. The molecule has 2 aromatic heterocycles. The molecule has 2 aliphatic rings. The number of H-pyrrole nitrogens is 1. The molecule has 4 N–H and O–H groups in total. The van der Waals surface area contributed by atoms with E-state index in [1.807, 2.05) is 0 Å². The van der Waals surface area contributed by atoms with E-state index in [0.717, 1.165) is 63.3 Å². The highest BCUT2D eigenvalue weighted by Crippen LogP contribution is 2.34. The van der Waals surface area contributed by atoms with Gasteiger partial charge in [0.1, 0.15) is 4.83 Å². The van der Waals surface area contributed by atoms with Gasteiger partial charge in [0.2, 0.25) is 5.82 Å². The maximum absolute atomic E-state index is 11.8. The Bertz CT molecular complexity index is 792. The average Bonchev–Trinajstić information content (AvgIpc) is 3.16. The Labute approximate surface area is 142 Å². The number of aromatic carboxylic acids is 1. The van der Waals surface area contributed by atoms with Crippen molar-refractivity contribution in [2.75, 3.05) is 19.8 Å². The first kappa shape index (κ1) is 17.1. The van der Waals surface area contributed by atoms with Crippen LogP contribution in [-0.2, 0) is 17.6 Å². The third-order valence-corrected chi connectivity index (χ3v) is 5.64. The summed E-state index contributed by atoms with van der Waals surface area (Å²) >= 11 is 1.44. The summed E-state index contributed by atoms with van der Waals surface area (Å²) in [6, 6.07) is 0. The highest BCUT2D eigenvalue weighted by molar-refractivity contribution is 7.18. The fourth-order valence-electron chi connectivity index (χ4n) is 3.09. The van der Waals surface area contributed by atoms with Crippen molar-refractivity contribution in [3.05, 3.63) is 26.6 Å². The van der Waals surface area contributed by atoms with Crippen molar-refractivity contribution in [1.82, 2.24) is 9.97 Å². The fraction of sp³-hybridized carbons (Fsp3) is 0.562. The first-order valence-electron chi connectivity index (χ1n) is 8.15. The number of carboxylic acid groups (broad SMARTS) is 1. The highest BCUT2D eigenvalue weighted by atomic mass is 32.1. The number of aromatic amines is 1. The van der Waals surface area contributed by atoms with Gasteiger partial charge in [-0.25, -0.2) is 9.78 Å². The van der Waals surface area contributed by atoms with E-state index in [-0.39, 0.29) is 11.4 Å². The maximum Gasteiger partial charge on any atom is 0.372 e. The van der Waals surface area contributed by atoms with Gasteiger partial charge < -0.3 is 20.6 Å². The minimum absolute atomic E-state index is 0.280. The predicted molar refractivity (Wildman–Crippen MR) is 91.8 cm³/mol. The van der Waals surface area contributed by atoms with Crippen LogP contribution >= 0.6 is 11.3 Å². The minimum atomic E-state index is -1.20. The number of hydrogen-bond donors (Lipinski definition) is 3. The standard InChI is InChI=1S/C10H8N2O3S.C6H13NO/c13-8-6-4-2-1-3-5(4)16-9(6)12-7(11-8)10(14)15;7-5-6-1-3-8-4-2-6/h1-3H2,(H,14,15)(H,11,12,13);6H,1-5,7H2. The van der Waals surface area contributed by atoms with E-state index >= 15 is 0 Å². The zero-order chi connectivity index (χ0) is 17.1. The molecule has 8 heteroatoms. The van der Waals surface area contributed by atoms with Crippen LogP contribution in [0.25, 0.3) is 10.2 Å². The summed E-state index contributed by atoms with van der Waals surface area (Å²) < 4.78 is 5.15. The first-order valence-corrected chi connectivity index (χ1v) is 8.97. The largest absolute Gasteiger partial charge is 0.475 e. The Kier molecular flexibility index (Phi) is 5.27. The van der Waals surface area contributed by atoms with Gasteiger partial charge in [0.25, 0.3) is 5.56 Å². The van der Waals surface area contributed by atoms with Crippen molar-refractivity contribution in [3.8, 4) is 0 Å². The molecule has 0 radical (unpaired) electrons. The summed E-state index contributed by atoms with van der Waals surface area (Å²) in [6.45, 7) is 2.67. The van der Waals surface area contributed by atoms with E-state index in [9.17, 15) is 9.59 Å². The zero-order valence-corrected chi connectivity index (χ0v) is 14.2. The van der Waals surface area contributed by atoms with Crippen molar-refractivity contribution in [2.24, 2.45) is 11.7 Å². The summed E-state index contributed by atoms with van der Waals surface area (Å²) in [7, 11) is 0. The van der Waals surface area contributed by atoms with Gasteiger partial charge >= 0.3 is 5.97 Å². The van der Waals surface area contributed by atoms with E-state index < -0.39 is 5.97 Å². The van der Waals surface area contributed by atoms with Gasteiger partial charge in [0.15, 0.2) is 0 Å². The van der Waals surface area contributed by atoms with Gasteiger partial charge in [-0.05, 0) is 50.1 Å². The Balaban J connectivity index is 0.000000179. The number of nitrogens with one attached hydrogen (secondary N) is 1. The van der Waals surface area contributed by atoms with E-state index in [1.165, 1.54) is 16.2 Å². The number of ether oxygens (including phenoxy) is 1. The first-order chi connectivity index (χ1) is 11.6. The normalized spacial score (nSPS) is 17.4. The second-order valence-corrected chi connectivity index (χ2v) is 7.13. The molecule has 3 heterocycles. The van der Waals surface area contributed by atoms with Crippen LogP contribution in [0.2, 0.25) is 0 Å². The number of fused-ring (bicyclic) bond motifs is 3. The molecule has 2 aromatic rings. The molecule has 0 aromatic carbocycles. The number of aryl methyl sites for hydroxylation is 2. The van der Waals surface area contributed by atoms with Gasteiger partial charge in [-0.2, -0.15) is 0 Å². The lowest BCUT2D eigenvalue weighted by Crippen LogP contribution is -2.22. The number of carbonyl (C=O) groups is 1. The summed E-state index contributed by atoms with van der Waals surface area (Å²) in [5.74, 6) is -0.742. The van der Waals surface area contributed by atoms with E-state index in [0.29, 0.717) is 10.2 Å². The SMILES string of the molecule is NCC1CCOCC1.O=C(O)c1nc2sc3c(c2c(=O)[nH]1)CCC3. The lowest BCUT2D eigenvalue weighted by atomic mass is 10.0. The molecule has 1 fully saturated rings. The Morgan fingerprint density at radius 1 is 1.38 bits per heavy atom. The quantitative estimate of drug-likeness (QED) is 0.755. The zero-order valence-electron chi connectivity index (χ0n) is 13.3. The van der Waals surface area contributed by atoms with Crippen LogP contribution in [0.5, 0.6) is 0 Å². The van der Waals surface area contributed by atoms with Crippen molar-refractivity contribution < 1.29 is 14.6 Å². The lowest BCUT2D eigenvalue weighted by Gasteiger charge is -2.19. The van der Waals surface area contributed by atoms with Gasteiger partial charge in [0.05, 0.1) is 5.39 Å². The number of aromatic nitrogens is 2. The monoisotopic (exact) mass is 351 g/mol. The molecule has 0 amide bonds. The van der Waals surface area contributed by atoms with Crippen LogP contribution in [0.1, 0.15) is 40.3 Å².